The Balaban J connectivity index is 1.60. The van der Waals surface area contributed by atoms with Gasteiger partial charge < -0.3 is 19.8 Å². The Morgan fingerprint density at radius 2 is 1.86 bits per heavy atom. The van der Waals surface area contributed by atoms with Crippen LogP contribution >= 0.6 is 23.2 Å². The number of carbonyl (C=O) groups excluding carboxylic acids is 2. The van der Waals surface area contributed by atoms with E-state index in [1.807, 2.05) is 0 Å². The Labute approximate surface area is 171 Å². The summed E-state index contributed by atoms with van der Waals surface area (Å²) >= 11 is 11.8. The summed E-state index contributed by atoms with van der Waals surface area (Å²) in [6.45, 7) is -0.0318. The molecule has 0 saturated carbocycles. The van der Waals surface area contributed by atoms with Crippen molar-refractivity contribution in [3.63, 3.8) is 0 Å². The molecule has 0 radical (unpaired) electrons. The molecule has 0 saturated heterocycles. The van der Waals surface area contributed by atoms with E-state index in [4.69, 9.17) is 32.4 Å². The van der Waals surface area contributed by atoms with Gasteiger partial charge in [-0.05, 0) is 42.5 Å². The summed E-state index contributed by atoms with van der Waals surface area (Å²) < 4.78 is 10.6. The van der Waals surface area contributed by atoms with Gasteiger partial charge in [-0.2, -0.15) is 0 Å². The Bertz CT molecular complexity index is 974. The number of carbonyl (C=O) groups is 2. The minimum absolute atomic E-state index is 0.242. The minimum atomic E-state index is -0.433. The number of anilines is 1. The lowest BCUT2D eigenvalue weighted by molar-refractivity contribution is -0.118. The second-order valence-electron chi connectivity index (χ2n) is 5.72. The predicted octanol–water partition coefficient (Wildman–Crippen LogP) is 4.53. The van der Waals surface area contributed by atoms with Crippen molar-refractivity contribution >= 4 is 40.7 Å². The number of nitrogens with one attached hydrogen (secondary N) is 2. The number of ether oxygens (including phenoxy) is 1. The Morgan fingerprint density at radius 3 is 2.61 bits per heavy atom. The largest absolute Gasteiger partial charge is 0.482 e. The number of rotatable bonds is 7. The molecule has 0 fully saturated rings. The molecule has 1 aromatic heterocycles. The predicted molar refractivity (Wildman–Crippen MR) is 107 cm³/mol. The highest BCUT2D eigenvalue weighted by molar-refractivity contribution is 6.35. The van der Waals surface area contributed by atoms with Crippen LogP contribution in [0.3, 0.4) is 0 Å². The van der Waals surface area contributed by atoms with E-state index in [1.165, 1.54) is 12.3 Å². The van der Waals surface area contributed by atoms with Crippen molar-refractivity contribution in [2.24, 2.45) is 0 Å². The van der Waals surface area contributed by atoms with Crippen LogP contribution in [0.1, 0.15) is 16.1 Å². The summed E-state index contributed by atoms with van der Waals surface area (Å²) in [7, 11) is 0. The standard InChI is InChI=1S/C20H16Cl2N2O4/c21-13-7-8-18(16(22)10-13)28-12-19(25)24-17-6-2-1-5-15(17)20(26)23-11-14-4-3-9-27-14/h1-10H,11-12H2,(H,23,26)(H,24,25). The maximum atomic E-state index is 12.4. The van der Waals surface area contributed by atoms with Gasteiger partial charge in [0.2, 0.25) is 0 Å². The molecular formula is C20H16Cl2N2O4. The van der Waals surface area contributed by atoms with Gasteiger partial charge in [0.15, 0.2) is 6.61 Å². The zero-order valence-electron chi connectivity index (χ0n) is 14.6. The minimum Gasteiger partial charge on any atom is -0.482 e. The van der Waals surface area contributed by atoms with Crippen molar-refractivity contribution < 1.29 is 18.7 Å². The molecule has 144 valence electrons. The first-order chi connectivity index (χ1) is 13.5. The van der Waals surface area contributed by atoms with Gasteiger partial charge in [0.25, 0.3) is 11.8 Å². The molecule has 0 unspecified atom stereocenters. The highest BCUT2D eigenvalue weighted by Gasteiger charge is 2.14. The summed E-state index contributed by atoms with van der Waals surface area (Å²) in [4.78, 5) is 24.7. The topological polar surface area (TPSA) is 80.6 Å². The Hall–Kier alpha value is -2.96. The molecule has 0 bridgehead atoms. The zero-order chi connectivity index (χ0) is 19.9. The lowest BCUT2D eigenvalue weighted by atomic mass is 10.1. The molecule has 3 rings (SSSR count). The van der Waals surface area contributed by atoms with Crippen molar-refractivity contribution in [3.05, 3.63) is 82.2 Å². The van der Waals surface area contributed by atoms with Crippen LogP contribution in [0.25, 0.3) is 0 Å². The summed E-state index contributed by atoms with van der Waals surface area (Å²) in [6.07, 6.45) is 1.53. The van der Waals surface area contributed by atoms with Gasteiger partial charge >= 0.3 is 0 Å². The van der Waals surface area contributed by atoms with E-state index in [0.29, 0.717) is 32.8 Å². The summed E-state index contributed by atoms with van der Waals surface area (Å²) in [5.41, 5.74) is 0.696. The van der Waals surface area contributed by atoms with Crippen LogP contribution in [0.2, 0.25) is 10.0 Å². The average molecular weight is 419 g/mol. The first-order valence-electron chi connectivity index (χ1n) is 8.30. The maximum absolute atomic E-state index is 12.4. The Kier molecular flexibility index (Phi) is 6.57. The quantitative estimate of drug-likeness (QED) is 0.590. The SMILES string of the molecule is O=C(COc1ccc(Cl)cc1Cl)Nc1ccccc1C(=O)NCc1ccco1. The highest BCUT2D eigenvalue weighted by Crippen LogP contribution is 2.27. The molecule has 2 amide bonds. The smallest absolute Gasteiger partial charge is 0.262 e. The number of furan rings is 1. The van der Waals surface area contributed by atoms with Crippen molar-refractivity contribution in [1.29, 1.82) is 0 Å². The van der Waals surface area contributed by atoms with Crippen LogP contribution in [0, 0.1) is 0 Å². The molecule has 2 aromatic carbocycles. The molecule has 0 aliphatic rings. The van der Waals surface area contributed by atoms with E-state index in [9.17, 15) is 9.59 Å². The second-order valence-corrected chi connectivity index (χ2v) is 6.56. The maximum Gasteiger partial charge on any atom is 0.262 e. The average Bonchev–Trinajstić information content (AvgIpc) is 3.19. The van der Waals surface area contributed by atoms with Gasteiger partial charge in [0, 0.05) is 5.02 Å². The molecule has 6 nitrogen and oxygen atoms in total. The van der Waals surface area contributed by atoms with Crippen molar-refractivity contribution in [2.75, 3.05) is 11.9 Å². The van der Waals surface area contributed by atoms with Crippen LogP contribution in [0.5, 0.6) is 5.75 Å². The lowest BCUT2D eigenvalue weighted by Crippen LogP contribution is -2.26. The fourth-order valence-electron chi connectivity index (χ4n) is 2.39. The van der Waals surface area contributed by atoms with Gasteiger partial charge in [0.05, 0.1) is 29.1 Å². The summed E-state index contributed by atoms with van der Waals surface area (Å²) in [5, 5.41) is 6.18. The normalized spacial score (nSPS) is 10.4. The van der Waals surface area contributed by atoms with Crippen LogP contribution < -0.4 is 15.4 Å². The molecule has 0 aliphatic heterocycles. The van der Waals surface area contributed by atoms with Crippen LogP contribution in [0.15, 0.2) is 65.3 Å². The second kappa shape index (κ2) is 9.30. The fourth-order valence-corrected chi connectivity index (χ4v) is 2.85. The van der Waals surface area contributed by atoms with Crippen molar-refractivity contribution in [2.45, 2.75) is 6.54 Å². The number of para-hydroxylation sites is 1. The van der Waals surface area contributed by atoms with Gasteiger partial charge in [-0.15, -0.1) is 0 Å². The van der Waals surface area contributed by atoms with Crippen molar-refractivity contribution in [1.82, 2.24) is 5.32 Å². The van der Waals surface area contributed by atoms with E-state index in [2.05, 4.69) is 10.6 Å². The Morgan fingerprint density at radius 1 is 1.04 bits per heavy atom. The van der Waals surface area contributed by atoms with Gasteiger partial charge in [-0.1, -0.05) is 35.3 Å². The first kappa shape index (κ1) is 19.8. The number of benzene rings is 2. The molecular weight excluding hydrogens is 403 g/mol. The van der Waals surface area contributed by atoms with E-state index >= 15 is 0 Å². The number of halogens is 2. The summed E-state index contributed by atoms with van der Waals surface area (Å²) in [6, 6.07) is 14.9. The lowest BCUT2D eigenvalue weighted by Gasteiger charge is -2.12. The molecule has 0 aliphatic carbocycles. The van der Waals surface area contributed by atoms with Crippen LogP contribution in [0.4, 0.5) is 5.69 Å². The molecule has 2 N–H and O–H groups in total. The zero-order valence-corrected chi connectivity index (χ0v) is 16.1. The van der Waals surface area contributed by atoms with E-state index in [0.717, 1.165) is 0 Å². The first-order valence-corrected chi connectivity index (χ1v) is 9.06. The number of amides is 2. The molecule has 8 heteroatoms. The third-order valence-electron chi connectivity index (χ3n) is 3.70. The van der Waals surface area contributed by atoms with E-state index in [-0.39, 0.29) is 19.1 Å². The molecule has 0 spiro atoms. The number of hydrogen-bond acceptors (Lipinski definition) is 4. The number of hydrogen-bond donors (Lipinski definition) is 2. The third kappa shape index (κ3) is 5.28. The van der Waals surface area contributed by atoms with Crippen LogP contribution in [-0.4, -0.2) is 18.4 Å². The molecule has 3 aromatic rings. The van der Waals surface area contributed by atoms with Crippen molar-refractivity contribution in [3.8, 4) is 5.75 Å². The van der Waals surface area contributed by atoms with Gasteiger partial charge in [0.1, 0.15) is 11.5 Å². The van der Waals surface area contributed by atoms with E-state index < -0.39 is 5.91 Å². The van der Waals surface area contributed by atoms with Gasteiger partial charge in [-0.3, -0.25) is 9.59 Å². The van der Waals surface area contributed by atoms with Gasteiger partial charge in [-0.25, -0.2) is 0 Å². The molecule has 0 atom stereocenters. The third-order valence-corrected chi connectivity index (χ3v) is 4.23. The monoisotopic (exact) mass is 418 g/mol. The molecule has 28 heavy (non-hydrogen) atoms. The fraction of sp³-hybridized carbons (Fsp3) is 0.100. The highest BCUT2D eigenvalue weighted by atomic mass is 35.5. The van der Waals surface area contributed by atoms with Crippen LogP contribution in [-0.2, 0) is 11.3 Å². The molecule has 1 heterocycles. The van der Waals surface area contributed by atoms with E-state index in [1.54, 1.807) is 48.5 Å². The summed E-state index contributed by atoms with van der Waals surface area (Å²) in [5.74, 6) is 0.195.